The van der Waals surface area contributed by atoms with Gasteiger partial charge in [-0.1, -0.05) is 6.92 Å². The van der Waals surface area contributed by atoms with E-state index in [-0.39, 0.29) is 18.9 Å². The highest BCUT2D eigenvalue weighted by molar-refractivity contribution is 5.79. The molecule has 0 aromatic rings. The Morgan fingerprint density at radius 2 is 2.21 bits per heavy atom. The minimum absolute atomic E-state index is 0.235. The summed E-state index contributed by atoms with van der Waals surface area (Å²) in [5.41, 5.74) is 0. The maximum atomic E-state index is 11.3. The van der Waals surface area contributed by atoms with Gasteiger partial charge in [0, 0.05) is 6.42 Å². The third kappa shape index (κ3) is 2.22. The standard InChI is InChI=1S/C9H13NO4/c1-3-7(6-10)5-9(13-14-9)8(11)12-4-2/h7H,3-5H2,1-2H3. The highest BCUT2D eigenvalue weighted by atomic mass is 17.4. The lowest BCUT2D eigenvalue weighted by Crippen LogP contribution is -2.29. The Morgan fingerprint density at radius 3 is 2.57 bits per heavy atom. The second kappa shape index (κ2) is 4.40. The smallest absolute Gasteiger partial charge is 0.372 e. The average Bonchev–Trinajstić information content (AvgIpc) is 2.96. The number of nitriles is 1. The van der Waals surface area contributed by atoms with E-state index in [2.05, 4.69) is 15.8 Å². The van der Waals surface area contributed by atoms with Crippen LogP contribution in [0, 0.1) is 17.2 Å². The van der Waals surface area contributed by atoms with Crippen molar-refractivity contribution in [3.05, 3.63) is 0 Å². The fourth-order valence-electron chi connectivity index (χ4n) is 1.12. The molecule has 1 unspecified atom stereocenters. The van der Waals surface area contributed by atoms with E-state index in [9.17, 15) is 4.79 Å². The zero-order chi connectivity index (χ0) is 10.6. The molecule has 0 aromatic heterocycles. The maximum Gasteiger partial charge on any atom is 0.372 e. The van der Waals surface area contributed by atoms with Crippen LogP contribution in [0.5, 0.6) is 0 Å². The van der Waals surface area contributed by atoms with Gasteiger partial charge in [-0.3, -0.25) is 0 Å². The summed E-state index contributed by atoms with van der Waals surface area (Å²) in [6.45, 7) is 3.85. The summed E-state index contributed by atoms with van der Waals surface area (Å²) < 4.78 is 4.76. The molecule has 1 atom stereocenters. The molecule has 5 nitrogen and oxygen atoms in total. The van der Waals surface area contributed by atoms with E-state index in [4.69, 9.17) is 10.00 Å². The van der Waals surface area contributed by atoms with Gasteiger partial charge in [0.15, 0.2) is 0 Å². The van der Waals surface area contributed by atoms with Crippen LogP contribution in [0.2, 0.25) is 0 Å². The molecule has 14 heavy (non-hydrogen) atoms. The van der Waals surface area contributed by atoms with Gasteiger partial charge in [0.25, 0.3) is 0 Å². The molecule has 0 spiro atoms. The topological polar surface area (TPSA) is 75.2 Å². The highest BCUT2D eigenvalue weighted by Crippen LogP contribution is 2.38. The molecule has 0 aromatic carbocycles. The van der Waals surface area contributed by atoms with Crippen LogP contribution in [0.15, 0.2) is 0 Å². The summed E-state index contributed by atoms with van der Waals surface area (Å²) in [5.74, 6) is -2.09. The molecule has 0 bridgehead atoms. The molecule has 5 heteroatoms. The van der Waals surface area contributed by atoms with Gasteiger partial charge < -0.3 is 4.74 Å². The predicted molar refractivity (Wildman–Crippen MR) is 45.5 cm³/mol. The van der Waals surface area contributed by atoms with Crippen molar-refractivity contribution in [3.63, 3.8) is 0 Å². The fraction of sp³-hybridized carbons (Fsp3) is 0.778. The van der Waals surface area contributed by atoms with E-state index in [0.29, 0.717) is 6.42 Å². The molecular weight excluding hydrogens is 186 g/mol. The van der Waals surface area contributed by atoms with Gasteiger partial charge in [0.1, 0.15) is 0 Å². The Kier molecular flexibility index (Phi) is 3.44. The van der Waals surface area contributed by atoms with Crippen LogP contribution in [-0.2, 0) is 19.3 Å². The van der Waals surface area contributed by atoms with Crippen molar-refractivity contribution in [1.82, 2.24) is 0 Å². The lowest BCUT2D eigenvalue weighted by atomic mass is 9.99. The van der Waals surface area contributed by atoms with Crippen LogP contribution in [0.1, 0.15) is 26.7 Å². The maximum absolute atomic E-state index is 11.3. The number of esters is 1. The lowest BCUT2D eigenvalue weighted by molar-refractivity contribution is -0.151. The largest absolute Gasteiger partial charge is 0.462 e. The van der Waals surface area contributed by atoms with Gasteiger partial charge in [-0.2, -0.15) is 15.0 Å². The molecule has 1 fully saturated rings. The molecule has 0 saturated carbocycles. The third-order valence-corrected chi connectivity index (χ3v) is 2.06. The van der Waals surface area contributed by atoms with E-state index >= 15 is 0 Å². The van der Waals surface area contributed by atoms with Crippen molar-refractivity contribution >= 4 is 5.97 Å². The van der Waals surface area contributed by atoms with Crippen molar-refractivity contribution in [3.8, 4) is 6.07 Å². The number of ether oxygens (including phenoxy) is 1. The molecule has 0 N–H and O–H groups in total. The molecular formula is C9H13NO4. The second-order valence-corrected chi connectivity index (χ2v) is 3.08. The first-order valence-electron chi connectivity index (χ1n) is 4.62. The molecule has 1 saturated heterocycles. The molecule has 0 aliphatic carbocycles. The summed E-state index contributed by atoms with van der Waals surface area (Å²) in [7, 11) is 0. The number of carbonyl (C=O) groups excluding carboxylic acids is 1. The van der Waals surface area contributed by atoms with Gasteiger partial charge in [-0.15, -0.1) is 0 Å². The molecule has 1 rings (SSSR count). The van der Waals surface area contributed by atoms with E-state index in [1.54, 1.807) is 6.92 Å². The Hall–Kier alpha value is -1.12. The number of carbonyl (C=O) groups is 1. The first-order chi connectivity index (χ1) is 6.68. The predicted octanol–water partition coefficient (Wildman–Crippen LogP) is 1.15. The van der Waals surface area contributed by atoms with E-state index in [1.807, 2.05) is 6.92 Å². The molecule has 1 aliphatic heterocycles. The number of nitrogens with zero attached hydrogens (tertiary/aromatic N) is 1. The first kappa shape index (κ1) is 11.0. The highest BCUT2D eigenvalue weighted by Gasteiger charge is 2.59. The van der Waals surface area contributed by atoms with Crippen LogP contribution in [-0.4, -0.2) is 18.4 Å². The minimum Gasteiger partial charge on any atom is -0.462 e. The monoisotopic (exact) mass is 199 g/mol. The van der Waals surface area contributed by atoms with Gasteiger partial charge >= 0.3 is 11.8 Å². The lowest BCUT2D eigenvalue weighted by Gasteiger charge is -2.08. The summed E-state index contributed by atoms with van der Waals surface area (Å²) in [6, 6.07) is 2.08. The van der Waals surface area contributed by atoms with E-state index < -0.39 is 11.8 Å². The zero-order valence-electron chi connectivity index (χ0n) is 8.28. The van der Waals surface area contributed by atoms with Gasteiger partial charge in [0.2, 0.25) is 0 Å². The van der Waals surface area contributed by atoms with Crippen molar-refractivity contribution in [1.29, 1.82) is 5.26 Å². The summed E-state index contributed by atoms with van der Waals surface area (Å²) in [4.78, 5) is 20.6. The SMILES string of the molecule is CCOC(=O)C1(CC(C#N)CC)OO1. The fourth-order valence-corrected chi connectivity index (χ4v) is 1.12. The number of hydrogen-bond donors (Lipinski definition) is 0. The van der Waals surface area contributed by atoms with Crippen molar-refractivity contribution in [2.75, 3.05) is 6.61 Å². The van der Waals surface area contributed by atoms with Gasteiger partial charge in [0.05, 0.1) is 18.6 Å². The van der Waals surface area contributed by atoms with Gasteiger partial charge in [-0.05, 0) is 13.3 Å². The molecule has 1 aliphatic rings. The summed E-state index contributed by atoms with van der Waals surface area (Å²) >= 11 is 0. The second-order valence-electron chi connectivity index (χ2n) is 3.08. The van der Waals surface area contributed by atoms with Crippen LogP contribution in [0.4, 0.5) is 0 Å². The van der Waals surface area contributed by atoms with Gasteiger partial charge in [-0.25, -0.2) is 4.79 Å². The Bertz CT molecular complexity index is 254. The Morgan fingerprint density at radius 1 is 1.57 bits per heavy atom. The van der Waals surface area contributed by atoms with Crippen molar-refractivity contribution < 1.29 is 19.3 Å². The molecule has 0 radical (unpaired) electrons. The number of rotatable bonds is 5. The molecule has 0 amide bonds. The average molecular weight is 199 g/mol. The third-order valence-electron chi connectivity index (χ3n) is 2.06. The summed E-state index contributed by atoms with van der Waals surface area (Å²) in [6.07, 6.45) is 0.892. The normalized spacial score (nSPS) is 19.5. The number of hydrogen-bond acceptors (Lipinski definition) is 5. The Balaban J connectivity index is 2.50. The van der Waals surface area contributed by atoms with Crippen LogP contribution < -0.4 is 0 Å². The summed E-state index contributed by atoms with van der Waals surface area (Å²) in [5, 5.41) is 8.72. The zero-order valence-corrected chi connectivity index (χ0v) is 8.28. The van der Waals surface area contributed by atoms with Crippen molar-refractivity contribution in [2.45, 2.75) is 32.5 Å². The van der Waals surface area contributed by atoms with Crippen molar-refractivity contribution in [2.24, 2.45) is 5.92 Å². The first-order valence-corrected chi connectivity index (χ1v) is 4.62. The molecule has 78 valence electrons. The molecule has 1 heterocycles. The van der Waals surface area contributed by atoms with Crippen LogP contribution >= 0.6 is 0 Å². The Labute approximate surface area is 82.5 Å². The van der Waals surface area contributed by atoms with Crippen LogP contribution in [0.3, 0.4) is 0 Å². The van der Waals surface area contributed by atoms with E-state index in [0.717, 1.165) is 0 Å². The van der Waals surface area contributed by atoms with Crippen LogP contribution in [0.25, 0.3) is 0 Å². The minimum atomic E-state index is -1.30. The quantitative estimate of drug-likeness (QED) is 0.377. The van der Waals surface area contributed by atoms with E-state index in [1.165, 1.54) is 0 Å².